The molecule has 0 bridgehead atoms. The molecule has 3 aromatic rings. The van der Waals surface area contributed by atoms with E-state index in [9.17, 15) is 13.2 Å². The highest BCUT2D eigenvalue weighted by Crippen LogP contribution is 2.28. The molecule has 0 aliphatic carbocycles. The maximum absolute atomic E-state index is 13.6. The number of aryl methyl sites for hydroxylation is 5. The van der Waals surface area contributed by atoms with Gasteiger partial charge in [-0.3, -0.25) is 9.10 Å². The van der Waals surface area contributed by atoms with Gasteiger partial charge in [0.2, 0.25) is 5.91 Å². The van der Waals surface area contributed by atoms with Gasteiger partial charge < -0.3 is 5.32 Å². The average Bonchev–Trinajstić information content (AvgIpc) is 2.76. The van der Waals surface area contributed by atoms with Crippen LogP contribution in [0.15, 0.2) is 65.6 Å². The number of nitrogens with zero attached hydrogens (tertiary/aromatic N) is 1. The fourth-order valence-electron chi connectivity index (χ4n) is 3.95. The average molecular weight is 465 g/mol. The molecule has 0 saturated carbocycles. The lowest BCUT2D eigenvalue weighted by Crippen LogP contribution is -2.42. The van der Waals surface area contributed by atoms with Gasteiger partial charge in [0.15, 0.2) is 0 Å². The number of benzene rings is 3. The summed E-state index contributed by atoms with van der Waals surface area (Å²) in [4.78, 5) is 13.3. The zero-order valence-electron chi connectivity index (χ0n) is 20.1. The summed E-state index contributed by atoms with van der Waals surface area (Å²) in [5.41, 5.74) is 6.67. The van der Waals surface area contributed by atoms with Gasteiger partial charge in [-0.25, -0.2) is 8.42 Å². The highest BCUT2D eigenvalue weighted by Gasteiger charge is 2.29. The van der Waals surface area contributed by atoms with Crippen LogP contribution in [0.2, 0.25) is 0 Å². The quantitative estimate of drug-likeness (QED) is 0.516. The normalized spacial score (nSPS) is 12.3. The molecule has 0 heterocycles. The van der Waals surface area contributed by atoms with Crippen LogP contribution in [0.5, 0.6) is 0 Å². The Morgan fingerprint density at radius 2 is 1.48 bits per heavy atom. The Balaban J connectivity index is 1.94. The van der Waals surface area contributed by atoms with Gasteiger partial charge >= 0.3 is 0 Å². The molecular weight excluding hydrogens is 432 g/mol. The van der Waals surface area contributed by atoms with Crippen LogP contribution in [0, 0.1) is 34.6 Å². The van der Waals surface area contributed by atoms with Crippen LogP contribution < -0.4 is 9.62 Å². The maximum atomic E-state index is 13.6. The number of rotatable bonds is 7. The van der Waals surface area contributed by atoms with E-state index in [-0.39, 0.29) is 23.4 Å². The first kappa shape index (κ1) is 24.5. The predicted octanol–water partition coefficient (Wildman–Crippen LogP) is 5.30. The monoisotopic (exact) mass is 464 g/mol. The lowest BCUT2D eigenvalue weighted by Gasteiger charge is -2.27. The van der Waals surface area contributed by atoms with E-state index in [2.05, 4.69) is 24.4 Å². The smallest absolute Gasteiger partial charge is 0.264 e. The fourth-order valence-corrected chi connectivity index (χ4v) is 5.45. The van der Waals surface area contributed by atoms with Crippen molar-refractivity contribution in [3.8, 4) is 0 Å². The second kappa shape index (κ2) is 9.79. The molecule has 0 aliphatic rings. The number of carbonyl (C=O) groups excluding carboxylic acids is 1. The van der Waals surface area contributed by atoms with Gasteiger partial charge in [0.05, 0.1) is 16.6 Å². The first-order valence-electron chi connectivity index (χ1n) is 11.0. The summed E-state index contributed by atoms with van der Waals surface area (Å²) < 4.78 is 28.3. The minimum Gasteiger partial charge on any atom is -0.348 e. The van der Waals surface area contributed by atoms with Crippen LogP contribution >= 0.6 is 0 Å². The van der Waals surface area contributed by atoms with Gasteiger partial charge in [0, 0.05) is 0 Å². The van der Waals surface area contributed by atoms with Gasteiger partial charge in [0.25, 0.3) is 10.0 Å². The Morgan fingerprint density at radius 1 is 0.848 bits per heavy atom. The van der Waals surface area contributed by atoms with E-state index in [1.165, 1.54) is 9.87 Å². The summed E-state index contributed by atoms with van der Waals surface area (Å²) >= 11 is 0. The van der Waals surface area contributed by atoms with Gasteiger partial charge in [-0.15, -0.1) is 0 Å². The van der Waals surface area contributed by atoms with Crippen molar-refractivity contribution in [2.45, 2.75) is 52.5 Å². The van der Waals surface area contributed by atoms with Crippen molar-refractivity contribution in [2.75, 3.05) is 10.8 Å². The molecule has 174 valence electrons. The molecule has 1 N–H and O–H groups in total. The molecule has 33 heavy (non-hydrogen) atoms. The summed E-state index contributed by atoms with van der Waals surface area (Å²) in [7, 11) is -3.94. The summed E-state index contributed by atoms with van der Waals surface area (Å²) in [5.74, 6) is -0.361. The van der Waals surface area contributed by atoms with Crippen LogP contribution in [0.3, 0.4) is 0 Å². The van der Waals surface area contributed by atoms with Crippen molar-refractivity contribution < 1.29 is 13.2 Å². The number of nitrogens with one attached hydrogen (secondary N) is 1. The third-order valence-electron chi connectivity index (χ3n) is 5.98. The molecule has 5 nitrogen and oxygen atoms in total. The van der Waals surface area contributed by atoms with E-state index in [1.807, 2.05) is 46.8 Å². The molecule has 0 radical (unpaired) electrons. The van der Waals surface area contributed by atoms with E-state index in [0.29, 0.717) is 5.69 Å². The molecule has 1 amide bonds. The Bertz CT molecular complexity index is 1270. The van der Waals surface area contributed by atoms with Crippen molar-refractivity contribution in [2.24, 2.45) is 0 Å². The third kappa shape index (κ3) is 5.45. The van der Waals surface area contributed by atoms with Crippen LogP contribution in [0.1, 0.15) is 46.3 Å². The summed E-state index contributed by atoms with van der Waals surface area (Å²) in [6, 6.07) is 17.8. The van der Waals surface area contributed by atoms with Crippen LogP contribution in [-0.2, 0) is 14.8 Å². The number of hydrogen-bond acceptors (Lipinski definition) is 3. The van der Waals surface area contributed by atoms with Gasteiger partial charge in [-0.05, 0) is 93.1 Å². The number of amides is 1. The molecule has 0 saturated heterocycles. The Hall–Kier alpha value is -3.12. The van der Waals surface area contributed by atoms with Crippen molar-refractivity contribution in [1.82, 2.24) is 5.32 Å². The zero-order chi connectivity index (χ0) is 24.3. The van der Waals surface area contributed by atoms with E-state index >= 15 is 0 Å². The zero-order valence-corrected chi connectivity index (χ0v) is 21.0. The standard InChI is InChI=1S/C27H32N2O3S/c1-18-12-13-19(2)26(14-18)29(33(31,32)24-10-8-7-9-11-24)17-27(30)28-23(6)25-16-21(4)20(3)15-22(25)5/h7-16,23H,17H2,1-6H3,(H,28,30). The Morgan fingerprint density at radius 3 is 2.15 bits per heavy atom. The van der Waals surface area contributed by atoms with E-state index < -0.39 is 10.0 Å². The molecule has 6 heteroatoms. The molecule has 0 aliphatic heterocycles. The molecule has 3 aromatic carbocycles. The van der Waals surface area contributed by atoms with Gasteiger partial charge in [-0.1, -0.05) is 42.5 Å². The SMILES string of the molecule is Cc1ccc(C)c(N(CC(=O)NC(C)c2cc(C)c(C)cc2C)S(=O)(=O)c2ccccc2)c1. The van der Waals surface area contributed by atoms with Crippen molar-refractivity contribution in [3.05, 3.63) is 94.0 Å². The third-order valence-corrected chi connectivity index (χ3v) is 7.75. The lowest BCUT2D eigenvalue weighted by molar-refractivity contribution is -0.120. The predicted molar refractivity (Wildman–Crippen MR) is 134 cm³/mol. The molecule has 1 atom stereocenters. The Kier molecular flexibility index (Phi) is 7.28. The lowest BCUT2D eigenvalue weighted by atomic mass is 9.96. The molecule has 1 unspecified atom stereocenters. The van der Waals surface area contributed by atoms with Crippen molar-refractivity contribution in [1.29, 1.82) is 0 Å². The van der Waals surface area contributed by atoms with Crippen molar-refractivity contribution >= 4 is 21.6 Å². The molecule has 0 fully saturated rings. The number of anilines is 1. The number of sulfonamides is 1. The topological polar surface area (TPSA) is 66.5 Å². The summed E-state index contributed by atoms with van der Waals surface area (Å²) in [6.45, 7) is 11.5. The summed E-state index contributed by atoms with van der Waals surface area (Å²) in [6.07, 6.45) is 0. The molecule has 0 spiro atoms. The maximum Gasteiger partial charge on any atom is 0.264 e. The van der Waals surface area contributed by atoms with Crippen LogP contribution in [0.25, 0.3) is 0 Å². The fraction of sp³-hybridized carbons (Fsp3) is 0.296. The molecule has 0 aromatic heterocycles. The minimum atomic E-state index is -3.94. The summed E-state index contributed by atoms with van der Waals surface area (Å²) in [5, 5.41) is 3.00. The first-order chi connectivity index (χ1) is 15.5. The van der Waals surface area contributed by atoms with Crippen molar-refractivity contribution in [3.63, 3.8) is 0 Å². The van der Waals surface area contributed by atoms with Crippen LogP contribution in [-0.4, -0.2) is 20.9 Å². The minimum absolute atomic E-state index is 0.150. The second-order valence-corrected chi connectivity index (χ2v) is 10.6. The first-order valence-corrected chi connectivity index (χ1v) is 12.5. The van der Waals surface area contributed by atoms with E-state index in [4.69, 9.17) is 0 Å². The number of hydrogen-bond donors (Lipinski definition) is 1. The van der Waals surface area contributed by atoms with Gasteiger partial charge in [0.1, 0.15) is 6.54 Å². The number of carbonyl (C=O) groups is 1. The second-order valence-electron chi connectivity index (χ2n) is 8.70. The van der Waals surface area contributed by atoms with E-state index in [1.54, 1.807) is 36.4 Å². The van der Waals surface area contributed by atoms with E-state index in [0.717, 1.165) is 27.8 Å². The molecule has 3 rings (SSSR count). The highest BCUT2D eigenvalue weighted by molar-refractivity contribution is 7.92. The van der Waals surface area contributed by atoms with Crippen LogP contribution in [0.4, 0.5) is 5.69 Å². The largest absolute Gasteiger partial charge is 0.348 e. The Labute approximate surface area is 197 Å². The highest BCUT2D eigenvalue weighted by atomic mass is 32.2. The molecular formula is C27H32N2O3S. The van der Waals surface area contributed by atoms with Gasteiger partial charge in [-0.2, -0.15) is 0 Å².